The minimum Gasteiger partial charge on any atom is -0.477 e. The van der Waals surface area contributed by atoms with Gasteiger partial charge in [0, 0.05) is 12.7 Å². The van der Waals surface area contributed by atoms with Crippen LogP contribution >= 0.6 is 0 Å². The Morgan fingerprint density at radius 3 is 2.50 bits per heavy atom. The van der Waals surface area contributed by atoms with E-state index in [1.807, 2.05) is 12.1 Å². The highest BCUT2D eigenvalue weighted by atomic mass is 16.4. The zero-order chi connectivity index (χ0) is 13.3. The normalized spacial score (nSPS) is 10.6. The van der Waals surface area contributed by atoms with Crippen LogP contribution in [0.15, 0.2) is 30.3 Å². The molecule has 3 heteroatoms. The molecule has 3 nitrogen and oxygen atoms in total. The van der Waals surface area contributed by atoms with Gasteiger partial charge in [-0.15, -0.1) is 0 Å². The second-order valence-electron chi connectivity index (χ2n) is 4.46. The van der Waals surface area contributed by atoms with Crippen molar-refractivity contribution in [2.75, 3.05) is 0 Å². The number of carboxylic acid groups (broad SMARTS) is 1. The van der Waals surface area contributed by atoms with Crippen molar-refractivity contribution in [2.45, 2.75) is 20.3 Å². The van der Waals surface area contributed by atoms with E-state index in [0.717, 1.165) is 17.7 Å². The fourth-order valence-corrected chi connectivity index (χ4v) is 2.27. The van der Waals surface area contributed by atoms with Gasteiger partial charge in [-0.05, 0) is 48.2 Å². The predicted molar refractivity (Wildman–Crippen MR) is 71.9 cm³/mol. The predicted octanol–water partition coefficient (Wildman–Crippen LogP) is 3.26. The highest BCUT2D eigenvalue weighted by Crippen LogP contribution is 2.24. The second kappa shape index (κ2) is 4.69. The molecule has 1 aromatic heterocycles. The summed E-state index contributed by atoms with van der Waals surface area (Å²) in [6, 6.07) is 9.76. The molecule has 0 fully saturated rings. The molecule has 0 saturated heterocycles. The third-order valence-corrected chi connectivity index (χ3v) is 3.36. The third-order valence-electron chi connectivity index (χ3n) is 3.36. The Morgan fingerprint density at radius 1 is 1.28 bits per heavy atom. The number of benzene rings is 1. The molecule has 0 aliphatic rings. The van der Waals surface area contributed by atoms with E-state index in [9.17, 15) is 4.79 Å². The summed E-state index contributed by atoms with van der Waals surface area (Å²) in [5.41, 5.74) is 4.86. The monoisotopic (exact) mass is 243 g/mol. The first kappa shape index (κ1) is 12.4. The summed E-state index contributed by atoms with van der Waals surface area (Å²) in [5.74, 6) is -0.898. The van der Waals surface area contributed by atoms with E-state index in [-0.39, 0.29) is 0 Å². The van der Waals surface area contributed by atoms with Gasteiger partial charge in [-0.1, -0.05) is 19.1 Å². The summed E-state index contributed by atoms with van der Waals surface area (Å²) in [7, 11) is 1.78. The van der Waals surface area contributed by atoms with Gasteiger partial charge in [0.2, 0.25) is 0 Å². The van der Waals surface area contributed by atoms with Gasteiger partial charge < -0.3 is 9.67 Å². The van der Waals surface area contributed by atoms with Gasteiger partial charge >= 0.3 is 5.97 Å². The molecule has 2 aromatic rings. The zero-order valence-corrected chi connectivity index (χ0v) is 10.9. The SMILES string of the molecule is CCc1ccc(-c2ccc(C(=O)O)n2C)cc1C. The van der Waals surface area contributed by atoms with Crippen LogP contribution in [-0.4, -0.2) is 15.6 Å². The number of aromatic nitrogens is 1. The molecule has 0 unspecified atom stereocenters. The largest absolute Gasteiger partial charge is 0.477 e. The quantitative estimate of drug-likeness (QED) is 0.899. The highest BCUT2D eigenvalue weighted by Gasteiger charge is 2.12. The number of nitrogens with zero attached hydrogens (tertiary/aromatic N) is 1. The van der Waals surface area contributed by atoms with E-state index in [4.69, 9.17) is 5.11 Å². The van der Waals surface area contributed by atoms with Gasteiger partial charge in [-0.2, -0.15) is 0 Å². The lowest BCUT2D eigenvalue weighted by Gasteiger charge is -2.09. The number of carbonyl (C=O) groups is 1. The number of aryl methyl sites for hydroxylation is 2. The van der Waals surface area contributed by atoms with Gasteiger partial charge in [-0.25, -0.2) is 4.79 Å². The Balaban J connectivity index is 2.49. The zero-order valence-electron chi connectivity index (χ0n) is 10.9. The van der Waals surface area contributed by atoms with Gasteiger partial charge in [0.1, 0.15) is 5.69 Å². The van der Waals surface area contributed by atoms with Crippen molar-refractivity contribution in [3.8, 4) is 11.3 Å². The second-order valence-corrected chi connectivity index (χ2v) is 4.46. The summed E-state index contributed by atoms with van der Waals surface area (Å²) in [4.78, 5) is 11.0. The van der Waals surface area contributed by atoms with E-state index < -0.39 is 5.97 Å². The molecule has 0 aliphatic carbocycles. The van der Waals surface area contributed by atoms with Crippen LogP contribution in [0.3, 0.4) is 0 Å². The van der Waals surface area contributed by atoms with Crippen molar-refractivity contribution >= 4 is 5.97 Å². The lowest BCUT2D eigenvalue weighted by Crippen LogP contribution is -2.05. The number of hydrogen-bond acceptors (Lipinski definition) is 1. The topological polar surface area (TPSA) is 42.2 Å². The maximum atomic E-state index is 11.0. The maximum absolute atomic E-state index is 11.0. The standard InChI is InChI=1S/C15H17NO2/c1-4-11-5-6-12(9-10(11)2)13-7-8-14(15(17)18)16(13)3/h5-9H,4H2,1-3H3,(H,17,18). The van der Waals surface area contributed by atoms with Gasteiger partial charge in [0.25, 0.3) is 0 Å². The fourth-order valence-electron chi connectivity index (χ4n) is 2.27. The Morgan fingerprint density at radius 2 is 2.00 bits per heavy atom. The number of aromatic carboxylic acids is 1. The highest BCUT2D eigenvalue weighted by molar-refractivity contribution is 5.87. The first-order valence-corrected chi connectivity index (χ1v) is 6.03. The molecule has 0 atom stereocenters. The molecule has 1 aromatic carbocycles. The average Bonchev–Trinajstić information content (AvgIpc) is 2.71. The first-order chi connectivity index (χ1) is 8.54. The van der Waals surface area contributed by atoms with Crippen LogP contribution in [0.1, 0.15) is 28.5 Å². The molecule has 0 bridgehead atoms. The molecule has 94 valence electrons. The summed E-state index contributed by atoms with van der Waals surface area (Å²) < 4.78 is 1.71. The fraction of sp³-hybridized carbons (Fsp3) is 0.267. The molecule has 0 amide bonds. The van der Waals surface area contributed by atoms with Crippen molar-refractivity contribution < 1.29 is 9.90 Å². The van der Waals surface area contributed by atoms with Crippen molar-refractivity contribution in [1.82, 2.24) is 4.57 Å². The van der Waals surface area contributed by atoms with Crippen LogP contribution in [0.4, 0.5) is 0 Å². The summed E-state index contributed by atoms with van der Waals surface area (Å²) in [6.45, 7) is 4.22. The maximum Gasteiger partial charge on any atom is 0.352 e. The lowest BCUT2D eigenvalue weighted by molar-refractivity contribution is 0.0687. The molecule has 1 N–H and O–H groups in total. The van der Waals surface area contributed by atoms with Crippen molar-refractivity contribution in [3.63, 3.8) is 0 Å². The van der Waals surface area contributed by atoms with Gasteiger partial charge in [0.05, 0.1) is 0 Å². The smallest absolute Gasteiger partial charge is 0.352 e. The molecule has 2 rings (SSSR count). The van der Waals surface area contributed by atoms with Crippen LogP contribution in [0, 0.1) is 6.92 Å². The van der Waals surface area contributed by atoms with E-state index in [1.54, 1.807) is 17.7 Å². The average molecular weight is 243 g/mol. The molecular formula is C15H17NO2. The molecule has 0 aliphatic heterocycles. The summed E-state index contributed by atoms with van der Waals surface area (Å²) in [5, 5.41) is 9.04. The van der Waals surface area contributed by atoms with Crippen LogP contribution in [-0.2, 0) is 13.5 Å². The summed E-state index contributed by atoms with van der Waals surface area (Å²) in [6.07, 6.45) is 1.01. The first-order valence-electron chi connectivity index (χ1n) is 6.03. The third kappa shape index (κ3) is 2.04. The van der Waals surface area contributed by atoms with E-state index >= 15 is 0 Å². The Hall–Kier alpha value is -2.03. The van der Waals surface area contributed by atoms with Crippen LogP contribution in [0.25, 0.3) is 11.3 Å². The lowest BCUT2D eigenvalue weighted by atomic mass is 10.0. The van der Waals surface area contributed by atoms with Gasteiger partial charge in [0.15, 0.2) is 0 Å². The molecule has 0 saturated carbocycles. The summed E-state index contributed by atoms with van der Waals surface area (Å²) >= 11 is 0. The van der Waals surface area contributed by atoms with Crippen LogP contribution in [0.2, 0.25) is 0 Å². The minimum atomic E-state index is -0.898. The molecule has 0 spiro atoms. The van der Waals surface area contributed by atoms with Crippen LogP contribution in [0.5, 0.6) is 0 Å². The number of rotatable bonds is 3. The van der Waals surface area contributed by atoms with Crippen molar-refractivity contribution in [3.05, 3.63) is 47.2 Å². The molecule has 1 heterocycles. The van der Waals surface area contributed by atoms with E-state index in [2.05, 4.69) is 26.0 Å². The Labute approximate surface area is 107 Å². The van der Waals surface area contributed by atoms with E-state index in [1.165, 1.54) is 11.1 Å². The van der Waals surface area contributed by atoms with Crippen molar-refractivity contribution in [1.29, 1.82) is 0 Å². The van der Waals surface area contributed by atoms with Gasteiger partial charge in [-0.3, -0.25) is 0 Å². The van der Waals surface area contributed by atoms with Crippen LogP contribution < -0.4 is 0 Å². The molecular weight excluding hydrogens is 226 g/mol. The number of carboxylic acids is 1. The Bertz CT molecular complexity index is 597. The van der Waals surface area contributed by atoms with Crippen molar-refractivity contribution in [2.24, 2.45) is 7.05 Å². The molecule has 0 radical (unpaired) electrons. The van der Waals surface area contributed by atoms with E-state index in [0.29, 0.717) is 5.69 Å². The number of hydrogen-bond donors (Lipinski definition) is 1. The Kier molecular flexibility index (Phi) is 3.24. The minimum absolute atomic E-state index is 0.308. The molecule has 18 heavy (non-hydrogen) atoms.